The number of ether oxygens (including phenoxy) is 1. The number of likely N-dealkylation sites (N-methyl/N-ethyl adjacent to an activating group) is 1. The molecule has 1 aliphatic heterocycles. The smallest absolute Gasteiger partial charge is 0.417 e. The maximum atomic E-state index is 13.2. The molecule has 0 atom stereocenters. The Balaban J connectivity index is 1.52. The van der Waals surface area contributed by atoms with Crippen LogP contribution in [0.3, 0.4) is 0 Å². The summed E-state index contributed by atoms with van der Waals surface area (Å²) in [4.78, 5) is 30.2. The Morgan fingerprint density at radius 2 is 1.62 bits per heavy atom. The van der Waals surface area contributed by atoms with Crippen LogP contribution in [-0.2, 0) is 17.5 Å². The third-order valence-electron chi connectivity index (χ3n) is 5.49. The molecule has 9 heteroatoms. The predicted molar refractivity (Wildman–Crippen MR) is 113 cm³/mol. The van der Waals surface area contributed by atoms with Crippen LogP contribution in [0.25, 0.3) is 0 Å². The van der Waals surface area contributed by atoms with Crippen molar-refractivity contribution in [3.05, 3.63) is 65.2 Å². The van der Waals surface area contributed by atoms with Gasteiger partial charge in [-0.3, -0.25) is 14.5 Å². The third kappa shape index (κ3) is 5.79. The normalized spacial score (nSPS) is 14.8. The predicted octanol–water partition coefficient (Wildman–Crippen LogP) is 3.13. The second-order valence-electron chi connectivity index (χ2n) is 7.71. The zero-order chi connectivity index (χ0) is 23.3. The van der Waals surface area contributed by atoms with E-state index in [0.717, 1.165) is 17.4 Å². The lowest BCUT2D eigenvalue weighted by atomic mass is 10.1. The molecule has 0 N–H and O–H groups in total. The van der Waals surface area contributed by atoms with E-state index in [1.54, 1.807) is 19.1 Å². The Hall–Kier alpha value is -3.07. The molecule has 6 nitrogen and oxygen atoms in total. The van der Waals surface area contributed by atoms with Gasteiger partial charge in [0, 0.05) is 39.8 Å². The van der Waals surface area contributed by atoms with Crippen LogP contribution in [0.4, 0.5) is 13.2 Å². The lowest BCUT2D eigenvalue weighted by Gasteiger charge is -2.35. The van der Waals surface area contributed by atoms with Crippen molar-refractivity contribution in [1.29, 1.82) is 0 Å². The summed E-state index contributed by atoms with van der Waals surface area (Å²) >= 11 is 0. The molecule has 1 aliphatic rings. The number of amides is 2. The fourth-order valence-electron chi connectivity index (χ4n) is 3.60. The molecule has 0 spiro atoms. The molecule has 0 unspecified atom stereocenters. The van der Waals surface area contributed by atoms with Crippen LogP contribution in [-0.4, -0.2) is 73.4 Å². The summed E-state index contributed by atoms with van der Waals surface area (Å²) in [6.07, 6.45) is -4.59. The number of carbonyl (C=O) groups is 2. The summed E-state index contributed by atoms with van der Waals surface area (Å²) in [5.74, 6) is 0.0385. The van der Waals surface area contributed by atoms with Crippen LogP contribution in [0.15, 0.2) is 48.5 Å². The van der Waals surface area contributed by atoms with Crippen LogP contribution in [0.5, 0.6) is 5.75 Å². The summed E-state index contributed by atoms with van der Waals surface area (Å²) in [5, 5.41) is 0. The highest BCUT2D eigenvalue weighted by Crippen LogP contribution is 2.32. The van der Waals surface area contributed by atoms with Crippen LogP contribution in [0, 0.1) is 0 Å². The minimum atomic E-state index is -4.59. The molecule has 3 rings (SSSR count). The highest BCUT2D eigenvalue weighted by atomic mass is 19.4. The van der Waals surface area contributed by atoms with Crippen molar-refractivity contribution in [2.45, 2.75) is 12.7 Å². The molecule has 32 heavy (non-hydrogen) atoms. The van der Waals surface area contributed by atoms with Gasteiger partial charge in [-0.15, -0.1) is 0 Å². The monoisotopic (exact) mass is 449 g/mol. The molecule has 0 aromatic heterocycles. The van der Waals surface area contributed by atoms with E-state index >= 15 is 0 Å². The highest BCUT2D eigenvalue weighted by molar-refractivity contribution is 5.96. The number of methoxy groups -OCH3 is 1. The zero-order valence-electron chi connectivity index (χ0n) is 18.1. The highest BCUT2D eigenvalue weighted by Gasteiger charge is 2.36. The SMILES string of the molecule is COc1ccc(CN(C)C(=O)CN2CCN(C(=O)c3ccccc3C(F)(F)F)CC2)cc1. The van der Waals surface area contributed by atoms with Gasteiger partial charge in [-0.2, -0.15) is 13.2 Å². The summed E-state index contributed by atoms with van der Waals surface area (Å²) in [6, 6.07) is 12.3. The Labute approximate surface area is 185 Å². The van der Waals surface area contributed by atoms with E-state index in [4.69, 9.17) is 4.74 Å². The van der Waals surface area contributed by atoms with Crippen molar-refractivity contribution in [1.82, 2.24) is 14.7 Å². The molecule has 0 radical (unpaired) electrons. The molecule has 1 fully saturated rings. The Kier molecular flexibility index (Phi) is 7.40. The van der Waals surface area contributed by atoms with E-state index in [-0.39, 0.29) is 31.1 Å². The van der Waals surface area contributed by atoms with Gasteiger partial charge in [0.25, 0.3) is 5.91 Å². The fraction of sp³-hybridized carbons (Fsp3) is 0.391. The Morgan fingerprint density at radius 1 is 1.00 bits per heavy atom. The number of carbonyl (C=O) groups excluding carboxylic acids is 2. The topological polar surface area (TPSA) is 53.1 Å². The van der Waals surface area contributed by atoms with Crippen molar-refractivity contribution >= 4 is 11.8 Å². The summed E-state index contributed by atoms with van der Waals surface area (Å²) in [5.41, 5.74) is -0.299. The molecule has 0 bridgehead atoms. The molecular weight excluding hydrogens is 423 g/mol. The van der Waals surface area contributed by atoms with Gasteiger partial charge >= 0.3 is 6.18 Å². The van der Waals surface area contributed by atoms with E-state index in [9.17, 15) is 22.8 Å². The maximum absolute atomic E-state index is 13.2. The quantitative estimate of drug-likeness (QED) is 0.680. The van der Waals surface area contributed by atoms with E-state index in [2.05, 4.69) is 0 Å². The van der Waals surface area contributed by atoms with Crippen LogP contribution in [0.1, 0.15) is 21.5 Å². The second kappa shape index (κ2) is 10.0. The molecule has 2 aromatic carbocycles. The number of piperazine rings is 1. The van der Waals surface area contributed by atoms with Crippen LogP contribution >= 0.6 is 0 Å². The standard InChI is InChI=1S/C23H26F3N3O3/c1-27(15-17-7-9-18(32-2)10-8-17)21(30)16-28-11-13-29(14-12-28)22(31)19-5-3-4-6-20(19)23(24,25)26/h3-10H,11-16H2,1-2H3. The molecule has 0 saturated carbocycles. The molecule has 1 heterocycles. The molecular formula is C23H26F3N3O3. The summed E-state index contributed by atoms with van der Waals surface area (Å²) in [7, 11) is 3.31. The van der Waals surface area contributed by atoms with Crippen molar-refractivity contribution < 1.29 is 27.5 Å². The van der Waals surface area contributed by atoms with E-state index in [1.807, 2.05) is 29.2 Å². The van der Waals surface area contributed by atoms with Gasteiger partial charge in [-0.25, -0.2) is 0 Å². The summed E-state index contributed by atoms with van der Waals surface area (Å²) < 4.78 is 44.8. The van der Waals surface area contributed by atoms with Crippen molar-refractivity contribution in [2.24, 2.45) is 0 Å². The molecule has 2 amide bonds. The Morgan fingerprint density at radius 3 is 2.22 bits per heavy atom. The minimum absolute atomic E-state index is 0.0667. The lowest BCUT2D eigenvalue weighted by Crippen LogP contribution is -2.51. The van der Waals surface area contributed by atoms with Gasteiger partial charge in [-0.05, 0) is 29.8 Å². The molecule has 2 aromatic rings. The van der Waals surface area contributed by atoms with Gasteiger partial charge in [0.2, 0.25) is 5.91 Å². The average molecular weight is 449 g/mol. The number of hydrogen-bond acceptors (Lipinski definition) is 4. The van der Waals surface area contributed by atoms with Gasteiger partial charge in [0.15, 0.2) is 0 Å². The molecule has 0 aliphatic carbocycles. The van der Waals surface area contributed by atoms with Gasteiger partial charge in [0.1, 0.15) is 5.75 Å². The summed E-state index contributed by atoms with van der Waals surface area (Å²) in [6.45, 7) is 2.01. The van der Waals surface area contributed by atoms with E-state index in [1.165, 1.54) is 23.1 Å². The van der Waals surface area contributed by atoms with Gasteiger partial charge in [-0.1, -0.05) is 24.3 Å². The van der Waals surface area contributed by atoms with E-state index < -0.39 is 17.6 Å². The average Bonchev–Trinajstić information content (AvgIpc) is 2.79. The van der Waals surface area contributed by atoms with Gasteiger partial charge < -0.3 is 14.5 Å². The number of halogens is 3. The molecule has 172 valence electrons. The maximum Gasteiger partial charge on any atom is 0.417 e. The number of nitrogens with zero attached hydrogens (tertiary/aromatic N) is 3. The number of rotatable bonds is 6. The number of hydrogen-bond donors (Lipinski definition) is 0. The van der Waals surface area contributed by atoms with Gasteiger partial charge in [0.05, 0.1) is 24.8 Å². The first-order valence-electron chi connectivity index (χ1n) is 10.2. The van der Waals surface area contributed by atoms with E-state index in [0.29, 0.717) is 19.6 Å². The van der Waals surface area contributed by atoms with Crippen molar-refractivity contribution in [3.63, 3.8) is 0 Å². The first-order chi connectivity index (χ1) is 15.2. The van der Waals surface area contributed by atoms with Crippen LogP contribution < -0.4 is 4.74 Å². The van der Waals surface area contributed by atoms with Crippen LogP contribution in [0.2, 0.25) is 0 Å². The first-order valence-corrected chi connectivity index (χ1v) is 10.2. The van der Waals surface area contributed by atoms with Crippen molar-refractivity contribution in [2.75, 3.05) is 46.9 Å². The first kappa shape index (κ1) is 23.6. The number of benzene rings is 2. The largest absolute Gasteiger partial charge is 0.497 e. The van der Waals surface area contributed by atoms with Crippen molar-refractivity contribution in [3.8, 4) is 5.75 Å². The fourth-order valence-corrected chi connectivity index (χ4v) is 3.60. The molecule has 1 saturated heterocycles. The number of alkyl halides is 3. The third-order valence-corrected chi connectivity index (χ3v) is 5.49. The zero-order valence-corrected chi connectivity index (χ0v) is 18.1. The lowest BCUT2D eigenvalue weighted by molar-refractivity contribution is -0.138. The minimum Gasteiger partial charge on any atom is -0.497 e. The Bertz CT molecular complexity index is 939. The second-order valence-corrected chi connectivity index (χ2v) is 7.71.